The molecule has 1 aromatic rings. The number of morpholine rings is 1. The van der Waals surface area contributed by atoms with Crippen LogP contribution in [0.5, 0.6) is 0 Å². The molecule has 5 heteroatoms. The molecule has 0 saturated carbocycles. The number of nitrogens with one attached hydrogen (secondary N) is 1. The van der Waals surface area contributed by atoms with E-state index in [9.17, 15) is 4.79 Å². The molecule has 1 aliphatic heterocycles. The molecule has 104 valence electrons. The van der Waals surface area contributed by atoms with Crippen molar-refractivity contribution in [2.75, 3.05) is 51.8 Å². The minimum absolute atomic E-state index is 0.311. The fraction of sp³-hybridized carbons (Fsp3) is 0.500. The van der Waals surface area contributed by atoms with E-state index in [1.807, 2.05) is 18.2 Å². The van der Waals surface area contributed by atoms with Crippen LogP contribution in [0.3, 0.4) is 0 Å². The van der Waals surface area contributed by atoms with Crippen LogP contribution in [0.2, 0.25) is 0 Å². The van der Waals surface area contributed by atoms with E-state index in [2.05, 4.69) is 10.2 Å². The lowest BCUT2D eigenvalue weighted by atomic mass is 10.2. The minimum Gasteiger partial charge on any atom is -0.465 e. The molecule has 0 spiro atoms. The second-order valence-electron chi connectivity index (χ2n) is 4.42. The number of ether oxygens (including phenoxy) is 2. The van der Waals surface area contributed by atoms with E-state index in [-0.39, 0.29) is 5.97 Å². The number of para-hydroxylation sites is 1. The molecule has 0 atom stereocenters. The smallest absolute Gasteiger partial charge is 0.339 e. The van der Waals surface area contributed by atoms with Crippen molar-refractivity contribution in [2.24, 2.45) is 0 Å². The molecule has 0 radical (unpaired) electrons. The van der Waals surface area contributed by atoms with E-state index in [0.717, 1.165) is 45.1 Å². The standard InChI is InChI=1S/C14H20N2O3/c1-18-14(17)12-4-2-3-5-13(12)15-6-7-16-8-10-19-11-9-16/h2-5,15H,6-11H2,1H3. The molecule has 0 aromatic heterocycles. The van der Waals surface area contributed by atoms with Crippen LogP contribution < -0.4 is 5.32 Å². The van der Waals surface area contributed by atoms with Gasteiger partial charge in [-0.2, -0.15) is 0 Å². The van der Waals surface area contributed by atoms with Gasteiger partial charge in [0.25, 0.3) is 0 Å². The largest absolute Gasteiger partial charge is 0.465 e. The number of anilines is 1. The molecular formula is C14H20N2O3. The first-order valence-corrected chi connectivity index (χ1v) is 6.52. The zero-order chi connectivity index (χ0) is 13.5. The molecule has 1 heterocycles. The molecule has 0 aliphatic carbocycles. The van der Waals surface area contributed by atoms with Gasteiger partial charge in [0.15, 0.2) is 0 Å². The SMILES string of the molecule is COC(=O)c1ccccc1NCCN1CCOCC1. The maximum Gasteiger partial charge on any atom is 0.339 e. The second kappa shape index (κ2) is 7.11. The Bertz CT molecular complexity index is 417. The summed E-state index contributed by atoms with van der Waals surface area (Å²) < 4.78 is 10.1. The van der Waals surface area contributed by atoms with Crippen molar-refractivity contribution in [3.05, 3.63) is 29.8 Å². The topological polar surface area (TPSA) is 50.8 Å². The van der Waals surface area contributed by atoms with E-state index in [4.69, 9.17) is 9.47 Å². The molecule has 5 nitrogen and oxygen atoms in total. The van der Waals surface area contributed by atoms with E-state index in [0.29, 0.717) is 5.56 Å². The van der Waals surface area contributed by atoms with Crippen molar-refractivity contribution in [1.29, 1.82) is 0 Å². The molecule has 2 rings (SSSR count). The van der Waals surface area contributed by atoms with Crippen molar-refractivity contribution in [1.82, 2.24) is 4.90 Å². The van der Waals surface area contributed by atoms with Gasteiger partial charge in [0.1, 0.15) is 0 Å². The van der Waals surface area contributed by atoms with Crippen LogP contribution in [0.15, 0.2) is 24.3 Å². The van der Waals surface area contributed by atoms with Crippen LogP contribution in [-0.2, 0) is 9.47 Å². The van der Waals surface area contributed by atoms with E-state index < -0.39 is 0 Å². The average molecular weight is 264 g/mol. The number of methoxy groups -OCH3 is 1. The van der Waals surface area contributed by atoms with Gasteiger partial charge in [0.2, 0.25) is 0 Å². The predicted molar refractivity (Wildman–Crippen MR) is 73.5 cm³/mol. The van der Waals surface area contributed by atoms with E-state index in [1.54, 1.807) is 6.07 Å². The van der Waals surface area contributed by atoms with Crippen molar-refractivity contribution in [3.63, 3.8) is 0 Å². The number of carbonyl (C=O) groups is 1. The number of nitrogens with zero attached hydrogens (tertiary/aromatic N) is 1. The van der Waals surface area contributed by atoms with E-state index >= 15 is 0 Å². The van der Waals surface area contributed by atoms with Gasteiger partial charge in [-0.3, -0.25) is 4.90 Å². The van der Waals surface area contributed by atoms with Gasteiger partial charge in [0, 0.05) is 31.9 Å². The molecule has 19 heavy (non-hydrogen) atoms. The average Bonchev–Trinajstić information content (AvgIpc) is 2.48. The van der Waals surface area contributed by atoms with Crippen molar-refractivity contribution in [2.45, 2.75) is 0 Å². The molecule has 1 aromatic carbocycles. The molecule has 1 saturated heterocycles. The summed E-state index contributed by atoms with van der Waals surface area (Å²) in [5.74, 6) is -0.311. The Kier molecular flexibility index (Phi) is 5.18. The van der Waals surface area contributed by atoms with E-state index in [1.165, 1.54) is 7.11 Å². The zero-order valence-electron chi connectivity index (χ0n) is 11.2. The molecule has 0 amide bonds. The number of rotatable bonds is 5. The Morgan fingerprint density at radius 2 is 2.11 bits per heavy atom. The lowest BCUT2D eigenvalue weighted by Crippen LogP contribution is -2.39. The fourth-order valence-corrected chi connectivity index (χ4v) is 2.10. The quantitative estimate of drug-likeness (QED) is 0.810. The molecule has 0 unspecified atom stereocenters. The molecule has 0 bridgehead atoms. The van der Waals surface area contributed by atoms with Gasteiger partial charge >= 0.3 is 5.97 Å². The third kappa shape index (κ3) is 3.94. The summed E-state index contributed by atoms with van der Waals surface area (Å²) in [6.07, 6.45) is 0. The first kappa shape index (κ1) is 13.8. The highest BCUT2D eigenvalue weighted by atomic mass is 16.5. The van der Waals surface area contributed by atoms with Crippen LogP contribution in [0.25, 0.3) is 0 Å². The summed E-state index contributed by atoms with van der Waals surface area (Å²) in [4.78, 5) is 14.0. The number of hydrogen-bond acceptors (Lipinski definition) is 5. The lowest BCUT2D eigenvalue weighted by molar-refractivity contribution is 0.0398. The van der Waals surface area contributed by atoms with Crippen LogP contribution in [0.4, 0.5) is 5.69 Å². The highest BCUT2D eigenvalue weighted by molar-refractivity contribution is 5.95. The Morgan fingerprint density at radius 3 is 2.84 bits per heavy atom. The predicted octanol–water partition coefficient (Wildman–Crippen LogP) is 1.22. The number of benzene rings is 1. The first-order chi connectivity index (χ1) is 9.31. The summed E-state index contributed by atoms with van der Waals surface area (Å²) in [7, 11) is 1.40. The molecule has 1 aliphatic rings. The summed E-state index contributed by atoms with van der Waals surface area (Å²) in [5, 5.41) is 3.29. The second-order valence-corrected chi connectivity index (χ2v) is 4.42. The normalized spacial score (nSPS) is 16.1. The Hall–Kier alpha value is -1.59. The molecule has 1 fully saturated rings. The lowest BCUT2D eigenvalue weighted by Gasteiger charge is -2.26. The van der Waals surface area contributed by atoms with Crippen LogP contribution in [0.1, 0.15) is 10.4 Å². The van der Waals surface area contributed by atoms with Crippen molar-refractivity contribution in [3.8, 4) is 0 Å². The minimum atomic E-state index is -0.311. The highest BCUT2D eigenvalue weighted by Gasteiger charge is 2.12. The Balaban J connectivity index is 1.86. The third-order valence-corrected chi connectivity index (χ3v) is 3.18. The monoisotopic (exact) mass is 264 g/mol. The Labute approximate surface area is 113 Å². The van der Waals surface area contributed by atoms with Gasteiger partial charge < -0.3 is 14.8 Å². The van der Waals surface area contributed by atoms with Crippen LogP contribution in [0, 0.1) is 0 Å². The maximum absolute atomic E-state index is 11.6. The van der Waals surface area contributed by atoms with Gasteiger partial charge in [-0.15, -0.1) is 0 Å². The van der Waals surface area contributed by atoms with Crippen molar-refractivity contribution >= 4 is 11.7 Å². The number of carbonyl (C=O) groups excluding carboxylic acids is 1. The zero-order valence-corrected chi connectivity index (χ0v) is 11.2. The van der Waals surface area contributed by atoms with Gasteiger partial charge in [-0.1, -0.05) is 12.1 Å². The summed E-state index contributed by atoms with van der Waals surface area (Å²) in [6, 6.07) is 7.40. The fourth-order valence-electron chi connectivity index (χ4n) is 2.10. The first-order valence-electron chi connectivity index (χ1n) is 6.52. The van der Waals surface area contributed by atoms with Crippen LogP contribution >= 0.6 is 0 Å². The van der Waals surface area contributed by atoms with Gasteiger partial charge in [0.05, 0.1) is 25.9 Å². The summed E-state index contributed by atoms with van der Waals surface area (Å²) in [6.45, 7) is 5.30. The third-order valence-electron chi connectivity index (χ3n) is 3.18. The number of hydrogen-bond donors (Lipinski definition) is 1. The summed E-state index contributed by atoms with van der Waals surface area (Å²) in [5.41, 5.74) is 1.40. The maximum atomic E-state index is 11.6. The van der Waals surface area contributed by atoms with Crippen LogP contribution in [-0.4, -0.2) is 57.4 Å². The Morgan fingerprint density at radius 1 is 1.37 bits per heavy atom. The molecular weight excluding hydrogens is 244 g/mol. The number of esters is 1. The summed E-state index contributed by atoms with van der Waals surface area (Å²) >= 11 is 0. The van der Waals surface area contributed by atoms with Crippen molar-refractivity contribution < 1.29 is 14.3 Å². The van der Waals surface area contributed by atoms with Gasteiger partial charge in [-0.25, -0.2) is 4.79 Å². The molecule has 1 N–H and O–H groups in total. The highest BCUT2D eigenvalue weighted by Crippen LogP contribution is 2.15. The van der Waals surface area contributed by atoms with Gasteiger partial charge in [-0.05, 0) is 12.1 Å².